The number of benzene rings is 7. The van der Waals surface area contributed by atoms with Gasteiger partial charge in [-0.2, -0.15) is 0 Å². The van der Waals surface area contributed by atoms with Crippen molar-refractivity contribution in [2.45, 2.75) is 12.5 Å². The zero-order valence-corrected chi connectivity index (χ0v) is 29.5. The van der Waals surface area contributed by atoms with E-state index in [1.54, 1.807) is 0 Å². The highest BCUT2D eigenvalue weighted by Gasteiger charge is 2.22. The molecule has 0 bridgehead atoms. The standard InChI is InChI=1S/C48H33NS2/c1-2-9-32(10-3-1)33-17-24-37(25-18-33)49(38-26-19-34(20-27-38)36-23-30-47-44(31-36)42-12-5-6-15-45(42)50-47)39-28-21-35(22-29-39)40-13-8-14-43-41-11-4-7-16-46(41)51-48(40)43/h1-26,28-31,38H,27H2. The highest BCUT2D eigenvalue weighted by atomic mass is 32.1. The molecular weight excluding hydrogens is 655 g/mol. The molecule has 2 heterocycles. The molecule has 1 unspecified atom stereocenters. The third-order valence-electron chi connectivity index (χ3n) is 10.2. The van der Waals surface area contributed by atoms with Gasteiger partial charge in [0.25, 0.3) is 0 Å². The summed E-state index contributed by atoms with van der Waals surface area (Å²) in [4.78, 5) is 2.50. The zero-order valence-electron chi connectivity index (χ0n) is 27.9. The van der Waals surface area contributed by atoms with Crippen molar-refractivity contribution in [2.75, 3.05) is 4.90 Å². The van der Waals surface area contributed by atoms with Crippen molar-refractivity contribution in [2.24, 2.45) is 0 Å². The molecule has 0 amide bonds. The maximum atomic E-state index is 2.50. The van der Waals surface area contributed by atoms with E-state index in [1.165, 1.54) is 85.1 Å². The van der Waals surface area contributed by atoms with Crippen LogP contribution < -0.4 is 4.90 Å². The van der Waals surface area contributed by atoms with Gasteiger partial charge in [-0.15, -0.1) is 22.7 Å². The smallest absolute Gasteiger partial charge is 0.0560 e. The van der Waals surface area contributed by atoms with Crippen LogP contribution in [0.25, 0.3) is 68.2 Å². The van der Waals surface area contributed by atoms with Crippen LogP contribution in [0.15, 0.2) is 182 Å². The first-order chi connectivity index (χ1) is 25.3. The molecule has 0 spiro atoms. The molecule has 0 fully saturated rings. The number of hydrogen-bond donors (Lipinski definition) is 0. The summed E-state index contributed by atoms with van der Waals surface area (Å²) >= 11 is 3.76. The van der Waals surface area contributed by atoms with E-state index in [2.05, 4.69) is 187 Å². The molecule has 3 heteroatoms. The largest absolute Gasteiger partial charge is 0.334 e. The molecule has 0 saturated carbocycles. The maximum Gasteiger partial charge on any atom is 0.0560 e. The van der Waals surface area contributed by atoms with Crippen molar-refractivity contribution in [3.05, 3.63) is 188 Å². The second-order valence-corrected chi connectivity index (χ2v) is 15.4. The van der Waals surface area contributed by atoms with Crippen LogP contribution in [0.5, 0.6) is 0 Å². The minimum atomic E-state index is 0.180. The van der Waals surface area contributed by atoms with Gasteiger partial charge in [-0.3, -0.25) is 0 Å². The van der Waals surface area contributed by atoms with Crippen LogP contribution in [0.2, 0.25) is 0 Å². The Morgan fingerprint density at radius 3 is 1.76 bits per heavy atom. The van der Waals surface area contributed by atoms with Gasteiger partial charge in [0.2, 0.25) is 0 Å². The van der Waals surface area contributed by atoms with Gasteiger partial charge < -0.3 is 4.90 Å². The number of hydrogen-bond acceptors (Lipinski definition) is 3. The summed E-state index contributed by atoms with van der Waals surface area (Å²) in [6.07, 6.45) is 8.05. The van der Waals surface area contributed by atoms with E-state index in [-0.39, 0.29) is 6.04 Å². The number of fused-ring (bicyclic) bond motifs is 6. The summed E-state index contributed by atoms with van der Waals surface area (Å²) in [6.45, 7) is 0. The summed E-state index contributed by atoms with van der Waals surface area (Å²) < 4.78 is 5.37. The molecule has 10 rings (SSSR count). The second kappa shape index (κ2) is 12.5. The molecule has 1 aliphatic rings. The third kappa shape index (κ3) is 5.38. The second-order valence-electron chi connectivity index (χ2n) is 13.2. The van der Waals surface area contributed by atoms with Crippen molar-refractivity contribution in [1.29, 1.82) is 0 Å². The van der Waals surface area contributed by atoms with E-state index in [9.17, 15) is 0 Å². The first kappa shape index (κ1) is 30.1. The van der Waals surface area contributed by atoms with Gasteiger partial charge in [-0.1, -0.05) is 133 Å². The summed E-state index contributed by atoms with van der Waals surface area (Å²) in [5, 5.41) is 5.35. The van der Waals surface area contributed by atoms with E-state index in [0.717, 1.165) is 6.42 Å². The van der Waals surface area contributed by atoms with E-state index >= 15 is 0 Å². The van der Waals surface area contributed by atoms with Gasteiger partial charge in [-0.25, -0.2) is 0 Å². The zero-order chi connectivity index (χ0) is 33.7. The topological polar surface area (TPSA) is 3.24 Å². The monoisotopic (exact) mass is 687 g/mol. The lowest BCUT2D eigenvalue weighted by Gasteiger charge is -2.33. The Kier molecular flexibility index (Phi) is 7.41. The van der Waals surface area contributed by atoms with Crippen LogP contribution in [0, 0.1) is 0 Å². The fraction of sp³-hybridized carbons (Fsp3) is 0.0417. The molecule has 242 valence electrons. The molecule has 0 N–H and O–H groups in total. The minimum absolute atomic E-state index is 0.180. The molecule has 2 aromatic heterocycles. The van der Waals surface area contributed by atoms with E-state index < -0.39 is 0 Å². The Hall–Kier alpha value is -5.74. The van der Waals surface area contributed by atoms with Crippen LogP contribution in [-0.4, -0.2) is 6.04 Å². The fourth-order valence-corrected chi connectivity index (χ4v) is 10.00. The van der Waals surface area contributed by atoms with E-state index in [1.807, 2.05) is 22.7 Å². The van der Waals surface area contributed by atoms with Crippen molar-refractivity contribution in [3.63, 3.8) is 0 Å². The van der Waals surface area contributed by atoms with Gasteiger partial charge in [0.05, 0.1) is 6.04 Å². The Balaban J connectivity index is 1.00. The molecule has 9 aromatic rings. The molecule has 1 atom stereocenters. The van der Waals surface area contributed by atoms with Crippen molar-refractivity contribution >= 4 is 80.0 Å². The van der Waals surface area contributed by atoms with Crippen LogP contribution in [0.4, 0.5) is 11.4 Å². The number of rotatable bonds is 6. The molecular formula is C48H33NS2. The summed E-state index contributed by atoms with van der Waals surface area (Å²) in [7, 11) is 0. The lowest BCUT2D eigenvalue weighted by atomic mass is 9.94. The molecule has 0 radical (unpaired) electrons. The molecule has 51 heavy (non-hydrogen) atoms. The van der Waals surface area contributed by atoms with E-state index in [0.29, 0.717) is 0 Å². The maximum absolute atomic E-state index is 2.50. The van der Waals surface area contributed by atoms with Crippen molar-refractivity contribution in [1.82, 2.24) is 0 Å². The van der Waals surface area contributed by atoms with Gasteiger partial charge in [0.15, 0.2) is 0 Å². The molecule has 7 aromatic carbocycles. The average molecular weight is 688 g/mol. The predicted molar refractivity (Wildman–Crippen MR) is 224 cm³/mol. The highest BCUT2D eigenvalue weighted by Crippen LogP contribution is 2.42. The van der Waals surface area contributed by atoms with Gasteiger partial charge in [0, 0.05) is 51.7 Å². The van der Waals surface area contributed by atoms with Gasteiger partial charge >= 0.3 is 0 Å². The minimum Gasteiger partial charge on any atom is -0.334 e. The van der Waals surface area contributed by atoms with Crippen LogP contribution in [0.3, 0.4) is 0 Å². The Morgan fingerprint density at radius 1 is 0.451 bits per heavy atom. The fourth-order valence-electron chi connectivity index (χ4n) is 7.67. The summed E-state index contributed by atoms with van der Waals surface area (Å²) in [5.41, 5.74) is 9.93. The van der Waals surface area contributed by atoms with Crippen LogP contribution >= 0.6 is 22.7 Å². The first-order valence-electron chi connectivity index (χ1n) is 17.5. The highest BCUT2D eigenvalue weighted by molar-refractivity contribution is 7.26. The van der Waals surface area contributed by atoms with Crippen molar-refractivity contribution in [3.8, 4) is 22.3 Å². The molecule has 0 saturated heterocycles. The quantitative estimate of drug-likeness (QED) is 0.168. The van der Waals surface area contributed by atoms with Crippen molar-refractivity contribution < 1.29 is 0 Å². The SMILES string of the molecule is C1=CC(N(c2ccc(-c3ccccc3)cc2)c2ccc(-c3cccc4c3sc3ccccc34)cc2)CC=C1c1ccc2sc3ccccc3c2c1. The number of allylic oxidation sites excluding steroid dienone is 2. The first-order valence-corrected chi connectivity index (χ1v) is 19.2. The Labute approximate surface area is 305 Å². The predicted octanol–water partition coefficient (Wildman–Crippen LogP) is 14.3. The lowest BCUT2D eigenvalue weighted by molar-refractivity contribution is 0.787. The summed E-state index contributed by atoms with van der Waals surface area (Å²) in [6, 6.07) is 60.2. The number of anilines is 2. The van der Waals surface area contributed by atoms with Gasteiger partial charge in [-0.05, 0) is 88.3 Å². The van der Waals surface area contributed by atoms with E-state index in [4.69, 9.17) is 0 Å². The third-order valence-corrected chi connectivity index (χ3v) is 12.6. The van der Waals surface area contributed by atoms with Crippen LogP contribution in [-0.2, 0) is 0 Å². The number of thiophene rings is 2. The normalized spacial score (nSPS) is 14.4. The molecule has 1 aliphatic carbocycles. The Morgan fingerprint density at radius 2 is 1.04 bits per heavy atom. The molecule has 1 nitrogen and oxygen atoms in total. The van der Waals surface area contributed by atoms with Gasteiger partial charge in [0.1, 0.15) is 0 Å². The lowest BCUT2D eigenvalue weighted by Crippen LogP contribution is -2.30. The van der Waals surface area contributed by atoms with Crippen LogP contribution in [0.1, 0.15) is 12.0 Å². The Bertz CT molecular complexity index is 2760. The number of nitrogens with zero attached hydrogens (tertiary/aromatic N) is 1. The molecule has 0 aliphatic heterocycles. The average Bonchev–Trinajstić information content (AvgIpc) is 3.77. The summed E-state index contributed by atoms with van der Waals surface area (Å²) in [5.74, 6) is 0.